The number of carbonyl (C=O) groups excluding carboxylic acids is 2. The summed E-state index contributed by atoms with van der Waals surface area (Å²) >= 11 is 0. The second kappa shape index (κ2) is 8.78. The minimum Gasteiger partial charge on any atom is -0.342 e. The quantitative estimate of drug-likeness (QED) is 0.690. The molecule has 1 aromatic rings. The molecule has 32 heavy (non-hydrogen) atoms. The average Bonchev–Trinajstić information content (AvgIpc) is 3.62. The Morgan fingerprint density at radius 1 is 0.781 bits per heavy atom. The summed E-state index contributed by atoms with van der Waals surface area (Å²) in [4.78, 5) is 29.7. The molecule has 1 unspecified atom stereocenters. The van der Waals surface area contributed by atoms with Crippen LogP contribution in [0.5, 0.6) is 0 Å². The Bertz CT molecular complexity index is 998. The third kappa shape index (κ3) is 4.31. The standard InChI is InChI=1S/C24H35N3O4S/c1-16-14-17(2)19(4)22(18(16)3)32(30,31)27-12-10-25(11-13-27)24(29)21-6-5-9-26(15-21)23(28)20-7-8-20/h14,20-21H,5-13,15H2,1-4H3. The molecule has 0 radical (unpaired) electrons. The molecular formula is C24H35N3O4S. The molecule has 1 aliphatic carbocycles. The van der Waals surface area contributed by atoms with Crippen LogP contribution in [0.25, 0.3) is 0 Å². The maximum absolute atomic E-state index is 13.5. The van der Waals surface area contributed by atoms with Gasteiger partial charge >= 0.3 is 0 Å². The molecule has 2 aliphatic heterocycles. The first-order chi connectivity index (χ1) is 15.1. The predicted molar refractivity (Wildman–Crippen MR) is 123 cm³/mol. The van der Waals surface area contributed by atoms with E-state index in [0.29, 0.717) is 37.6 Å². The second-order valence-electron chi connectivity index (χ2n) is 9.72. The van der Waals surface area contributed by atoms with Crippen LogP contribution in [0.15, 0.2) is 11.0 Å². The molecule has 3 aliphatic rings. The molecule has 2 amide bonds. The van der Waals surface area contributed by atoms with Crippen LogP contribution in [0, 0.1) is 39.5 Å². The van der Waals surface area contributed by atoms with E-state index in [-0.39, 0.29) is 23.7 Å². The number of rotatable bonds is 4. The SMILES string of the molecule is Cc1cc(C)c(C)c(S(=O)(=O)N2CCN(C(=O)C3CCCN(C(=O)C4CC4)C3)CC2)c1C. The lowest BCUT2D eigenvalue weighted by atomic mass is 9.96. The summed E-state index contributed by atoms with van der Waals surface area (Å²) in [6, 6.07) is 2.03. The van der Waals surface area contributed by atoms with Gasteiger partial charge in [-0.3, -0.25) is 9.59 Å². The van der Waals surface area contributed by atoms with E-state index in [2.05, 4.69) is 0 Å². The first-order valence-corrected chi connectivity index (χ1v) is 13.2. The third-order valence-corrected chi connectivity index (χ3v) is 9.63. The van der Waals surface area contributed by atoms with Crippen molar-refractivity contribution in [2.45, 2.75) is 58.3 Å². The maximum atomic E-state index is 13.5. The average molecular weight is 462 g/mol. The number of piperidine rings is 1. The van der Waals surface area contributed by atoms with Gasteiger partial charge in [0.1, 0.15) is 0 Å². The minimum atomic E-state index is -3.62. The Morgan fingerprint density at radius 2 is 1.34 bits per heavy atom. The molecule has 1 aromatic carbocycles. The highest BCUT2D eigenvalue weighted by atomic mass is 32.2. The number of aryl methyl sites for hydroxylation is 2. The number of hydrogen-bond acceptors (Lipinski definition) is 4. The van der Waals surface area contributed by atoms with Crippen molar-refractivity contribution >= 4 is 21.8 Å². The van der Waals surface area contributed by atoms with Crippen molar-refractivity contribution < 1.29 is 18.0 Å². The number of sulfonamides is 1. The lowest BCUT2D eigenvalue weighted by molar-refractivity contribution is -0.142. The van der Waals surface area contributed by atoms with Crippen LogP contribution in [-0.2, 0) is 19.6 Å². The zero-order valence-electron chi connectivity index (χ0n) is 19.7. The normalized spacial score (nSPS) is 22.8. The first-order valence-electron chi connectivity index (χ1n) is 11.8. The molecule has 176 valence electrons. The largest absolute Gasteiger partial charge is 0.342 e. The van der Waals surface area contributed by atoms with Crippen LogP contribution in [0.1, 0.15) is 47.9 Å². The molecule has 0 aromatic heterocycles. The molecule has 8 heteroatoms. The van der Waals surface area contributed by atoms with Crippen molar-refractivity contribution in [3.63, 3.8) is 0 Å². The fraction of sp³-hybridized carbons (Fsp3) is 0.667. The van der Waals surface area contributed by atoms with E-state index in [0.717, 1.165) is 54.5 Å². The number of piperazine rings is 1. The van der Waals surface area contributed by atoms with Crippen LogP contribution in [0.4, 0.5) is 0 Å². The second-order valence-corrected chi connectivity index (χ2v) is 11.6. The van der Waals surface area contributed by atoms with Crippen LogP contribution < -0.4 is 0 Å². The molecule has 3 fully saturated rings. The number of carbonyl (C=O) groups is 2. The van der Waals surface area contributed by atoms with Gasteiger partial charge in [-0.05, 0) is 75.6 Å². The first kappa shape index (κ1) is 23.2. The Hall–Kier alpha value is -1.93. The molecular weight excluding hydrogens is 426 g/mol. The van der Waals surface area contributed by atoms with Crippen molar-refractivity contribution in [2.24, 2.45) is 11.8 Å². The highest BCUT2D eigenvalue weighted by Crippen LogP contribution is 2.33. The number of likely N-dealkylation sites (tertiary alicyclic amines) is 1. The molecule has 1 saturated carbocycles. The summed E-state index contributed by atoms with van der Waals surface area (Å²) in [5, 5.41) is 0. The number of amides is 2. The van der Waals surface area contributed by atoms with Gasteiger partial charge in [0.15, 0.2) is 0 Å². The van der Waals surface area contributed by atoms with Crippen LogP contribution in [0.2, 0.25) is 0 Å². The smallest absolute Gasteiger partial charge is 0.243 e. The van der Waals surface area contributed by atoms with Gasteiger partial charge in [-0.15, -0.1) is 0 Å². The van der Waals surface area contributed by atoms with E-state index in [4.69, 9.17) is 0 Å². The zero-order chi connectivity index (χ0) is 23.2. The van der Waals surface area contributed by atoms with Crippen molar-refractivity contribution in [3.05, 3.63) is 28.3 Å². The monoisotopic (exact) mass is 461 g/mol. The van der Waals surface area contributed by atoms with E-state index in [1.54, 1.807) is 4.90 Å². The van der Waals surface area contributed by atoms with E-state index in [1.807, 2.05) is 38.7 Å². The summed E-state index contributed by atoms with van der Waals surface area (Å²) in [6.45, 7) is 10.3. The molecule has 4 rings (SSSR count). The van der Waals surface area contributed by atoms with Crippen LogP contribution >= 0.6 is 0 Å². The minimum absolute atomic E-state index is 0.0640. The van der Waals surface area contributed by atoms with Gasteiger partial charge in [-0.2, -0.15) is 4.31 Å². The van der Waals surface area contributed by atoms with Gasteiger partial charge in [0, 0.05) is 45.2 Å². The number of benzene rings is 1. The van der Waals surface area contributed by atoms with Crippen molar-refractivity contribution in [1.82, 2.24) is 14.1 Å². The highest BCUT2D eigenvalue weighted by molar-refractivity contribution is 7.89. The number of nitrogens with zero attached hydrogens (tertiary/aromatic N) is 3. The Balaban J connectivity index is 1.42. The summed E-state index contributed by atoms with van der Waals surface area (Å²) in [5.74, 6) is 0.278. The topological polar surface area (TPSA) is 78.0 Å². The Morgan fingerprint density at radius 3 is 1.91 bits per heavy atom. The van der Waals surface area contributed by atoms with Crippen molar-refractivity contribution in [2.75, 3.05) is 39.3 Å². The van der Waals surface area contributed by atoms with Gasteiger partial charge in [0.25, 0.3) is 0 Å². The molecule has 0 spiro atoms. The predicted octanol–water partition coefficient (Wildman–Crippen LogP) is 2.40. The summed E-state index contributed by atoms with van der Waals surface area (Å²) < 4.78 is 28.5. The molecule has 2 saturated heterocycles. The molecule has 7 nitrogen and oxygen atoms in total. The molecule has 1 atom stereocenters. The zero-order valence-corrected chi connectivity index (χ0v) is 20.5. The summed E-state index contributed by atoms with van der Waals surface area (Å²) in [6.07, 6.45) is 3.61. The van der Waals surface area contributed by atoms with Gasteiger partial charge in [-0.25, -0.2) is 8.42 Å². The van der Waals surface area contributed by atoms with Crippen molar-refractivity contribution in [1.29, 1.82) is 0 Å². The fourth-order valence-electron chi connectivity index (χ4n) is 5.07. The highest BCUT2D eigenvalue weighted by Gasteiger charge is 2.39. The lowest BCUT2D eigenvalue weighted by Crippen LogP contribution is -2.54. The van der Waals surface area contributed by atoms with Gasteiger partial charge in [-0.1, -0.05) is 6.07 Å². The van der Waals surface area contributed by atoms with E-state index < -0.39 is 10.0 Å². The van der Waals surface area contributed by atoms with Crippen molar-refractivity contribution in [3.8, 4) is 0 Å². The van der Waals surface area contributed by atoms with Gasteiger partial charge in [0.05, 0.1) is 10.8 Å². The van der Waals surface area contributed by atoms with Crippen LogP contribution in [-0.4, -0.2) is 73.6 Å². The molecule has 0 bridgehead atoms. The lowest BCUT2D eigenvalue weighted by Gasteiger charge is -2.39. The summed E-state index contributed by atoms with van der Waals surface area (Å²) in [7, 11) is -3.62. The van der Waals surface area contributed by atoms with E-state index in [1.165, 1.54) is 4.31 Å². The number of hydrogen-bond donors (Lipinski definition) is 0. The fourth-order valence-corrected chi connectivity index (χ4v) is 7.07. The van der Waals surface area contributed by atoms with E-state index >= 15 is 0 Å². The molecule has 0 N–H and O–H groups in total. The Kier molecular flexibility index (Phi) is 6.38. The van der Waals surface area contributed by atoms with Gasteiger partial charge < -0.3 is 9.80 Å². The molecule has 2 heterocycles. The maximum Gasteiger partial charge on any atom is 0.243 e. The van der Waals surface area contributed by atoms with Crippen LogP contribution in [0.3, 0.4) is 0 Å². The summed E-state index contributed by atoms with van der Waals surface area (Å²) in [5.41, 5.74) is 3.55. The Labute approximate surface area is 191 Å². The van der Waals surface area contributed by atoms with Gasteiger partial charge in [0.2, 0.25) is 21.8 Å². The van der Waals surface area contributed by atoms with E-state index in [9.17, 15) is 18.0 Å². The third-order valence-electron chi connectivity index (χ3n) is 7.45.